The van der Waals surface area contributed by atoms with E-state index in [0.717, 1.165) is 37.7 Å². The van der Waals surface area contributed by atoms with Gasteiger partial charge >= 0.3 is 0 Å². The van der Waals surface area contributed by atoms with E-state index in [1.54, 1.807) is 51.4 Å². The van der Waals surface area contributed by atoms with E-state index in [1.165, 1.54) is 16.7 Å². The largest absolute Gasteiger partial charge is 0.493 e. The highest BCUT2D eigenvalue weighted by Crippen LogP contribution is 2.31. The van der Waals surface area contributed by atoms with Crippen LogP contribution < -0.4 is 26.0 Å². The second kappa shape index (κ2) is 20.4. The van der Waals surface area contributed by atoms with E-state index in [1.807, 2.05) is 24.3 Å². The summed E-state index contributed by atoms with van der Waals surface area (Å²) in [6.07, 6.45) is 5.11. The maximum absolute atomic E-state index is 14.6. The molecule has 1 saturated carbocycles. The maximum Gasteiger partial charge on any atom is 0.290 e. The van der Waals surface area contributed by atoms with Gasteiger partial charge in [-0.1, -0.05) is 75.1 Å². The summed E-state index contributed by atoms with van der Waals surface area (Å²) in [6.45, 7) is 3.44. The molecule has 0 spiro atoms. The number of hydrogen-bond donors (Lipinski definition) is 4. The van der Waals surface area contributed by atoms with Gasteiger partial charge in [-0.05, 0) is 55.4 Å². The molecular weight excluding hydrogens is 745 g/mol. The van der Waals surface area contributed by atoms with Crippen LogP contribution in [0, 0.1) is 5.92 Å². The van der Waals surface area contributed by atoms with Crippen molar-refractivity contribution in [3.8, 4) is 5.75 Å². The van der Waals surface area contributed by atoms with Crippen LogP contribution in [0.3, 0.4) is 0 Å². The number of Topliss-reactive ketones (excluding diaryl/α,β-unsaturated/α-hetero) is 1. The number of nitrogens with one attached hydrogen (secondary N) is 4. The second-order valence-corrected chi connectivity index (χ2v) is 15.9. The standard InChI is InChI=1S/C43H58N6O9/c1-5-20-43(2,38(52)40(54)44-26-35(51)46-36(41(55)48(3)4)29-15-8-6-9-16-29)47-39(53)33-25-32-27-49(33)42(56)37(30-17-10-7-11-18-30)45-34(50)24-28-14-12-19-31(23-28)57-21-13-22-58-32/h6,8-9,12,14-16,19,23,30,32-33,36-37H,5,7,10-11,13,17-18,20-22,24-27H2,1-4H3,(H,44,54)(H,45,50)(H,46,51)(H,47,53)/t32-,33?,36+,37+,43?/m1/s1. The van der Waals surface area contributed by atoms with Gasteiger partial charge < -0.3 is 40.5 Å². The molecule has 2 aromatic carbocycles. The zero-order chi connectivity index (χ0) is 41.8. The molecule has 2 unspecified atom stereocenters. The predicted octanol–water partition coefficient (Wildman–Crippen LogP) is 2.37. The summed E-state index contributed by atoms with van der Waals surface area (Å²) in [4.78, 5) is 98.4. The van der Waals surface area contributed by atoms with Crippen LogP contribution in [0.1, 0.15) is 88.8 Å². The van der Waals surface area contributed by atoms with Crippen molar-refractivity contribution in [1.29, 1.82) is 0 Å². The van der Waals surface area contributed by atoms with Gasteiger partial charge in [-0.3, -0.25) is 33.6 Å². The first-order valence-electron chi connectivity index (χ1n) is 20.4. The normalized spacial score (nSPS) is 22.0. The van der Waals surface area contributed by atoms with E-state index in [9.17, 15) is 33.6 Å². The van der Waals surface area contributed by atoms with E-state index in [0.29, 0.717) is 37.4 Å². The lowest BCUT2D eigenvalue weighted by Crippen LogP contribution is -2.62. The summed E-state index contributed by atoms with van der Waals surface area (Å²) < 4.78 is 12.1. The van der Waals surface area contributed by atoms with Gasteiger partial charge in [-0.25, -0.2) is 0 Å². The molecule has 3 aliphatic rings. The summed E-state index contributed by atoms with van der Waals surface area (Å²) in [6, 6.07) is 13.0. The minimum Gasteiger partial charge on any atom is -0.493 e. The fraction of sp³-hybridized carbons (Fsp3) is 0.558. The van der Waals surface area contributed by atoms with Gasteiger partial charge in [0, 0.05) is 33.5 Å². The van der Waals surface area contributed by atoms with Crippen LogP contribution in [-0.4, -0.2) is 115 Å². The number of amides is 6. The van der Waals surface area contributed by atoms with Crippen LogP contribution in [0.5, 0.6) is 5.75 Å². The van der Waals surface area contributed by atoms with Crippen molar-refractivity contribution in [2.24, 2.45) is 5.92 Å². The Morgan fingerprint density at radius 2 is 1.71 bits per heavy atom. The summed E-state index contributed by atoms with van der Waals surface area (Å²) >= 11 is 0. The van der Waals surface area contributed by atoms with Gasteiger partial charge in [-0.15, -0.1) is 0 Å². The lowest BCUT2D eigenvalue weighted by molar-refractivity contribution is -0.146. The second-order valence-electron chi connectivity index (χ2n) is 15.9. The first-order chi connectivity index (χ1) is 27.8. The smallest absolute Gasteiger partial charge is 0.290 e. The zero-order valence-electron chi connectivity index (χ0n) is 34.1. The highest BCUT2D eigenvalue weighted by Gasteiger charge is 2.47. The number of ether oxygens (including phenoxy) is 2. The van der Waals surface area contributed by atoms with Gasteiger partial charge in [0.05, 0.1) is 32.3 Å². The van der Waals surface area contributed by atoms with Crippen LogP contribution in [0.2, 0.25) is 0 Å². The first kappa shape index (κ1) is 43.8. The van der Waals surface area contributed by atoms with Crippen LogP contribution in [0.25, 0.3) is 0 Å². The monoisotopic (exact) mass is 802 g/mol. The number of ketones is 1. The highest BCUT2D eigenvalue weighted by atomic mass is 16.5. The van der Waals surface area contributed by atoms with Crippen LogP contribution in [0.15, 0.2) is 54.6 Å². The molecule has 2 heterocycles. The average molecular weight is 803 g/mol. The van der Waals surface area contributed by atoms with Crippen molar-refractivity contribution in [3.63, 3.8) is 0 Å². The Balaban J connectivity index is 1.31. The number of carbonyl (C=O) groups is 7. The molecule has 5 rings (SSSR count). The van der Waals surface area contributed by atoms with Gasteiger partial charge in [0.2, 0.25) is 35.3 Å². The molecule has 15 heteroatoms. The summed E-state index contributed by atoms with van der Waals surface area (Å²) in [7, 11) is 3.12. The molecule has 2 aliphatic heterocycles. The summed E-state index contributed by atoms with van der Waals surface area (Å²) in [5.41, 5.74) is -0.402. The zero-order valence-corrected chi connectivity index (χ0v) is 34.1. The number of rotatable bonds is 12. The van der Waals surface area contributed by atoms with E-state index in [2.05, 4.69) is 21.3 Å². The van der Waals surface area contributed by atoms with E-state index < -0.39 is 59.8 Å². The maximum atomic E-state index is 14.6. The Bertz CT molecular complexity index is 1800. The average Bonchev–Trinajstić information content (AvgIpc) is 3.65. The van der Waals surface area contributed by atoms with Crippen molar-refractivity contribution >= 4 is 41.2 Å². The van der Waals surface area contributed by atoms with E-state index in [4.69, 9.17) is 9.47 Å². The molecule has 1 saturated heterocycles. The van der Waals surface area contributed by atoms with Gasteiger partial charge in [0.15, 0.2) is 0 Å². The molecule has 2 fully saturated rings. The molecule has 1 aliphatic carbocycles. The summed E-state index contributed by atoms with van der Waals surface area (Å²) in [5.74, 6) is -3.96. The Kier molecular flexibility index (Phi) is 15.4. The molecule has 4 N–H and O–H groups in total. The molecule has 0 radical (unpaired) electrons. The molecule has 4 bridgehead atoms. The quantitative estimate of drug-likeness (QED) is 0.234. The van der Waals surface area contributed by atoms with Crippen LogP contribution in [-0.2, 0) is 44.7 Å². The van der Waals surface area contributed by atoms with Gasteiger partial charge in [0.25, 0.3) is 5.91 Å². The third-order valence-corrected chi connectivity index (χ3v) is 11.1. The van der Waals surface area contributed by atoms with Gasteiger partial charge in [0.1, 0.15) is 29.4 Å². The minimum absolute atomic E-state index is 0.0480. The predicted molar refractivity (Wildman–Crippen MR) is 214 cm³/mol. The Morgan fingerprint density at radius 3 is 2.41 bits per heavy atom. The number of fused-ring (bicyclic) bond motifs is 4. The SMILES string of the molecule is CCCC(C)(NC(=O)C1C[C@@H]2CN1C(=O)[C@H](C1CCCCC1)NC(=O)Cc1cccc(c1)OCCCO2)C(=O)C(=O)NCC(=O)N[C@H](C(=O)N(C)C)c1ccccc1. The van der Waals surface area contributed by atoms with Crippen molar-refractivity contribution in [2.75, 3.05) is 40.4 Å². The third kappa shape index (κ3) is 11.4. The van der Waals surface area contributed by atoms with Crippen LogP contribution >= 0.6 is 0 Å². The fourth-order valence-corrected chi connectivity index (χ4v) is 8.07. The number of hydrogen-bond acceptors (Lipinski definition) is 9. The molecule has 58 heavy (non-hydrogen) atoms. The van der Waals surface area contributed by atoms with Crippen molar-refractivity contribution in [3.05, 3.63) is 65.7 Å². The molecule has 2 aromatic rings. The minimum atomic E-state index is -1.69. The number of likely N-dealkylation sites (N-methyl/N-ethyl adjacent to an activating group) is 1. The fourth-order valence-electron chi connectivity index (χ4n) is 8.07. The van der Waals surface area contributed by atoms with Crippen molar-refractivity contribution in [1.82, 2.24) is 31.1 Å². The number of benzene rings is 2. The lowest BCUT2D eigenvalue weighted by Gasteiger charge is -2.36. The highest BCUT2D eigenvalue weighted by molar-refractivity contribution is 6.40. The van der Waals surface area contributed by atoms with Gasteiger partial charge in [-0.2, -0.15) is 0 Å². The van der Waals surface area contributed by atoms with Crippen LogP contribution in [0.4, 0.5) is 0 Å². The van der Waals surface area contributed by atoms with E-state index in [-0.39, 0.29) is 49.4 Å². The topological polar surface area (TPSA) is 193 Å². The molecule has 5 atom stereocenters. The Hall–Kier alpha value is -5.31. The van der Waals surface area contributed by atoms with Crippen molar-refractivity contribution < 1.29 is 43.0 Å². The molecular formula is C43H58N6O9. The first-order valence-corrected chi connectivity index (χ1v) is 20.4. The number of carbonyl (C=O) groups excluding carboxylic acids is 7. The Labute approximate surface area is 340 Å². The Morgan fingerprint density at radius 1 is 0.966 bits per heavy atom. The molecule has 6 amide bonds. The lowest BCUT2D eigenvalue weighted by atomic mass is 9.83. The summed E-state index contributed by atoms with van der Waals surface area (Å²) in [5, 5.41) is 10.8. The molecule has 15 nitrogen and oxygen atoms in total. The molecule has 0 aromatic heterocycles. The van der Waals surface area contributed by atoms with Crippen molar-refractivity contribution in [2.45, 2.75) is 108 Å². The molecule has 314 valence electrons. The number of nitrogens with zero attached hydrogens (tertiary/aromatic N) is 2. The third-order valence-electron chi connectivity index (χ3n) is 11.1. The van der Waals surface area contributed by atoms with E-state index >= 15 is 0 Å².